The molecule has 1 aromatic rings. The molecule has 32 heavy (non-hydrogen) atoms. The highest BCUT2D eigenvalue weighted by Crippen LogP contribution is 2.39. The van der Waals surface area contributed by atoms with Crippen LogP contribution >= 0.6 is 11.8 Å². The van der Waals surface area contributed by atoms with E-state index < -0.39 is 21.5 Å². The van der Waals surface area contributed by atoms with E-state index in [2.05, 4.69) is 10.3 Å². The molecule has 0 spiro atoms. The Balaban J connectivity index is 1.66. The fourth-order valence-electron chi connectivity index (χ4n) is 3.50. The molecular weight excluding hydrogens is 454 g/mol. The van der Waals surface area contributed by atoms with E-state index in [0.717, 1.165) is 11.3 Å². The largest absolute Gasteiger partial charge is 0.497 e. The van der Waals surface area contributed by atoms with Crippen LogP contribution in [0.1, 0.15) is 32.8 Å². The van der Waals surface area contributed by atoms with Gasteiger partial charge in [0.2, 0.25) is 5.91 Å². The van der Waals surface area contributed by atoms with Gasteiger partial charge in [-0.25, -0.2) is 13.2 Å². The lowest BCUT2D eigenvalue weighted by molar-refractivity contribution is -0.117. The Morgan fingerprint density at radius 3 is 2.53 bits per heavy atom. The van der Waals surface area contributed by atoms with Crippen molar-refractivity contribution < 1.29 is 27.5 Å². The maximum Gasteiger partial charge on any atom is 0.407 e. The average molecular weight is 484 g/mol. The fraction of sp³-hybridized carbons (Fsp3) is 0.571. The molecule has 2 amide bonds. The van der Waals surface area contributed by atoms with E-state index in [-0.39, 0.29) is 41.7 Å². The van der Waals surface area contributed by atoms with Crippen molar-refractivity contribution in [2.45, 2.75) is 50.6 Å². The molecule has 0 unspecified atom stereocenters. The van der Waals surface area contributed by atoms with Crippen molar-refractivity contribution in [3.05, 3.63) is 29.8 Å². The Hall–Kier alpha value is -2.27. The van der Waals surface area contributed by atoms with Gasteiger partial charge in [0, 0.05) is 24.8 Å². The minimum atomic E-state index is -3.12. The number of amides is 2. The predicted molar refractivity (Wildman–Crippen MR) is 124 cm³/mol. The number of methoxy groups -OCH3 is 1. The summed E-state index contributed by atoms with van der Waals surface area (Å²) in [7, 11) is -1.52. The molecule has 9 nitrogen and oxygen atoms in total. The van der Waals surface area contributed by atoms with Crippen molar-refractivity contribution in [3.63, 3.8) is 0 Å². The lowest BCUT2D eigenvalue weighted by Crippen LogP contribution is -2.37. The third-order valence-corrected chi connectivity index (χ3v) is 8.16. The Labute approximate surface area is 192 Å². The number of rotatable bonds is 6. The summed E-state index contributed by atoms with van der Waals surface area (Å²) in [5, 5.41) is 2.92. The van der Waals surface area contributed by atoms with Gasteiger partial charge in [0.05, 0.1) is 24.7 Å². The highest BCUT2D eigenvalue weighted by molar-refractivity contribution is 8.15. The number of fused-ring (bicyclic) bond motifs is 1. The quantitative estimate of drug-likeness (QED) is 0.655. The number of thioether (sulfide) groups is 1. The number of ether oxygens (including phenoxy) is 2. The highest BCUT2D eigenvalue weighted by Gasteiger charge is 2.48. The second-order valence-electron chi connectivity index (χ2n) is 8.74. The molecule has 0 radical (unpaired) electrons. The summed E-state index contributed by atoms with van der Waals surface area (Å²) in [5.41, 5.74) is 0.345. The number of aliphatic imine (C=N–C) groups is 1. The van der Waals surface area contributed by atoms with Crippen LogP contribution in [0.4, 0.5) is 4.79 Å². The number of hydrogen-bond acceptors (Lipinski definition) is 7. The van der Waals surface area contributed by atoms with Gasteiger partial charge < -0.3 is 19.7 Å². The van der Waals surface area contributed by atoms with Gasteiger partial charge in [0.1, 0.15) is 11.4 Å². The van der Waals surface area contributed by atoms with Gasteiger partial charge in [0.25, 0.3) is 0 Å². The molecule has 11 heteroatoms. The molecule has 2 heterocycles. The first kappa shape index (κ1) is 24.4. The number of nitrogens with zero attached hydrogens (tertiary/aromatic N) is 2. The molecule has 0 saturated carbocycles. The van der Waals surface area contributed by atoms with Crippen molar-refractivity contribution in [1.82, 2.24) is 10.2 Å². The Bertz CT molecular complexity index is 986. The summed E-state index contributed by atoms with van der Waals surface area (Å²) in [6.07, 6.45) is -0.568. The zero-order valence-corrected chi connectivity index (χ0v) is 20.3. The minimum absolute atomic E-state index is 0.0211. The summed E-state index contributed by atoms with van der Waals surface area (Å²) >= 11 is 1.33. The van der Waals surface area contributed by atoms with Crippen LogP contribution in [0.25, 0.3) is 0 Å². The zero-order chi connectivity index (χ0) is 23.5. The van der Waals surface area contributed by atoms with Gasteiger partial charge in [-0.05, 0) is 38.5 Å². The van der Waals surface area contributed by atoms with Gasteiger partial charge >= 0.3 is 6.09 Å². The van der Waals surface area contributed by atoms with Crippen molar-refractivity contribution in [2.75, 3.05) is 25.2 Å². The molecule has 0 aromatic heterocycles. The maximum atomic E-state index is 12.4. The van der Waals surface area contributed by atoms with Crippen molar-refractivity contribution in [1.29, 1.82) is 0 Å². The molecule has 1 N–H and O–H groups in total. The van der Waals surface area contributed by atoms with E-state index in [1.165, 1.54) is 11.8 Å². The lowest BCUT2D eigenvalue weighted by atomic mass is 10.1. The van der Waals surface area contributed by atoms with E-state index in [4.69, 9.17) is 9.47 Å². The van der Waals surface area contributed by atoms with E-state index >= 15 is 0 Å². The molecular formula is C21H29N3O6S2. The number of hydrogen-bond donors (Lipinski definition) is 1. The number of amidine groups is 1. The summed E-state index contributed by atoms with van der Waals surface area (Å²) < 4.78 is 34.6. The van der Waals surface area contributed by atoms with Gasteiger partial charge in [-0.2, -0.15) is 4.99 Å². The monoisotopic (exact) mass is 483 g/mol. The second kappa shape index (κ2) is 9.70. The zero-order valence-electron chi connectivity index (χ0n) is 18.7. The number of carbonyl (C=O) groups excluding carboxylic acids is 2. The molecule has 2 aliphatic heterocycles. The van der Waals surface area contributed by atoms with E-state index in [1.54, 1.807) is 27.9 Å². The van der Waals surface area contributed by atoms with Crippen molar-refractivity contribution in [2.24, 2.45) is 4.99 Å². The summed E-state index contributed by atoms with van der Waals surface area (Å²) in [6, 6.07) is 7.27. The van der Waals surface area contributed by atoms with Crippen LogP contribution < -0.4 is 10.1 Å². The van der Waals surface area contributed by atoms with Crippen LogP contribution in [0, 0.1) is 0 Å². The summed E-state index contributed by atoms with van der Waals surface area (Å²) in [5.74, 6) is 0.474. The van der Waals surface area contributed by atoms with E-state index in [0.29, 0.717) is 11.7 Å². The van der Waals surface area contributed by atoms with Crippen LogP contribution in [-0.4, -0.2) is 72.5 Å². The molecule has 176 valence electrons. The topological polar surface area (TPSA) is 114 Å². The van der Waals surface area contributed by atoms with E-state index in [1.807, 2.05) is 29.2 Å². The molecule has 2 saturated heterocycles. The van der Waals surface area contributed by atoms with Crippen molar-refractivity contribution in [3.8, 4) is 5.75 Å². The molecule has 2 atom stereocenters. The molecule has 2 aliphatic rings. The number of carbonyl (C=O) groups is 2. The third-order valence-electron chi connectivity index (χ3n) is 4.91. The fourth-order valence-corrected chi connectivity index (χ4v) is 7.46. The smallest absolute Gasteiger partial charge is 0.407 e. The lowest BCUT2D eigenvalue weighted by Gasteiger charge is -2.24. The van der Waals surface area contributed by atoms with Gasteiger partial charge in [0.15, 0.2) is 15.0 Å². The molecule has 0 bridgehead atoms. The summed E-state index contributed by atoms with van der Waals surface area (Å²) in [6.45, 7) is 5.82. The number of alkyl carbamates (subject to hydrolysis) is 1. The Morgan fingerprint density at radius 2 is 1.91 bits per heavy atom. The standard InChI is InChI=1S/C21H29N3O6S2/c1-21(2,3)30-20(26)22-10-9-18(25)23-19-24(11-14-5-7-15(29-4)8-6-14)16-12-32(27,28)13-17(16)31-19/h5-8,16-17H,9-13H2,1-4H3,(H,22,26)/t16-,17-/m1/s1. The number of benzene rings is 1. The van der Waals surface area contributed by atoms with Gasteiger partial charge in [-0.15, -0.1) is 0 Å². The predicted octanol–water partition coefficient (Wildman–Crippen LogP) is 2.21. The first-order valence-electron chi connectivity index (χ1n) is 10.3. The van der Waals surface area contributed by atoms with Crippen LogP contribution in [0.5, 0.6) is 5.75 Å². The molecule has 3 rings (SSSR count). The van der Waals surface area contributed by atoms with Crippen LogP contribution in [0.2, 0.25) is 0 Å². The van der Waals surface area contributed by atoms with Gasteiger partial charge in [-0.1, -0.05) is 23.9 Å². The molecule has 2 fully saturated rings. The highest BCUT2D eigenvalue weighted by atomic mass is 32.2. The SMILES string of the molecule is COc1ccc(CN2C(=NC(=O)CCNC(=O)OC(C)(C)C)S[C@@H]3CS(=O)(=O)C[C@H]32)cc1. The first-order chi connectivity index (χ1) is 15.0. The van der Waals surface area contributed by atoms with Crippen molar-refractivity contribution >= 4 is 38.8 Å². The van der Waals surface area contributed by atoms with Gasteiger partial charge in [-0.3, -0.25) is 4.79 Å². The Kier molecular flexibility index (Phi) is 7.39. The second-order valence-corrected chi connectivity index (χ2v) is 12.1. The maximum absolute atomic E-state index is 12.4. The number of nitrogens with one attached hydrogen (secondary N) is 1. The van der Waals surface area contributed by atoms with Crippen LogP contribution in [0.3, 0.4) is 0 Å². The molecule has 0 aliphatic carbocycles. The van der Waals surface area contributed by atoms with Crippen LogP contribution in [-0.2, 0) is 25.9 Å². The molecule has 1 aromatic carbocycles. The Morgan fingerprint density at radius 1 is 1.22 bits per heavy atom. The first-order valence-corrected chi connectivity index (χ1v) is 13.0. The summed E-state index contributed by atoms with van der Waals surface area (Å²) in [4.78, 5) is 30.3. The van der Waals surface area contributed by atoms with Crippen LogP contribution in [0.15, 0.2) is 29.3 Å². The number of sulfone groups is 1. The average Bonchev–Trinajstić information content (AvgIpc) is 3.13. The van der Waals surface area contributed by atoms with E-state index in [9.17, 15) is 18.0 Å². The third kappa shape index (κ3) is 6.61. The minimum Gasteiger partial charge on any atom is -0.497 e. The normalized spacial score (nSPS) is 23.1.